The molecule has 2 unspecified atom stereocenters. The fraction of sp³-hybridized carbons (Fsp3) is 0.500. The molecule has 1 aliphatic heterocycles. The van der Waals surface area contributed by atoms with Crippen LogP contribution in [0.4, 0.5) is 0 Å². The van der Waals surface area contributed by atoms with Crippen LogP contribution in [0, 0.1) is 24.2 Å². The summed E-state index contributed by atoms with van der Waals surface area (Å²) in [7, 11) is 1.66. The minimum absolute atomic E-state index is 0.0226. The fourth-order valence-electron chi connectivity index (χ4n) is 4.51. The second-order valence-electron chi connectivity index (χ2n) is 9.05. The van der Waals surface area contributed by atoms with Crippen LogP contribution in [0.5, 0.6) is 5.75 Å². The number of carbonyl (C=O) groups is 1. The number of carbonyl (C=O) groups excluding carboxylic acids is 1. The highest BCUT2D eigenvalue weighted by atomic mass is 16.5. The zero-order valence-electron chi connectivity index (χ0n) is 19.4. The van der Waals surface area contributed by atoms with Gasteiger partial charge in [-0.05, 0) is 36.5 Å². The molecule has 0 radical (unpaired) electrons. The number of fused-ring (bicyclic) bond motifs is 3. The molecule has 170 valence electrons. The fourth-order valence-corrected chi connectivity index (χ4v) is 4.51. The van der Waals surface area contributed by atoms with Crippen LogP contribution in [-0.4, -0.2) is 46.6 Å². The van der Waals surface area contributed by atoms with Crippen LogP contribution in [0.2, 0.25) is 0 Å². The van der Waals surface area contributed by atoms with Crippen LogP contribution in [0.1, 0.15) is 50.4 Å². The van der Waals surface area contributed by atoms with Crippen LogP contribution < -0.4 is 15.8 Å². The Morgan fingerprint density at radius 1 is 1.34 bits per heavy atom. The molecule has 8 heteroatoms. The summed E-state index contributed by atoms with van der Waals surface area (Å²) in [5.74, 6) is 2.64. The molecule has 2 aromatic rings. The predicted octanol–water partition coefficient (Wildman–Crippen LogP) is 2.74. The smallest absolute Gasteiger partial charge is 0.222 e. The molecule has 0 saturated carbocycles. The number of aryl methyl sites for hydroxylation is 1. The van der Waals surface area contributed by atoms with Gasteiger partial charge in [0, 0.05) is 24.6 Å². The standard InChI is InChI=1S/C24H32N6O2/c1-14(2)24(4)9-8-18(24)22-17-12-16(32-5)6-7-20(17)30-15(3)28-29-23(30)19(27-22)13-21(31)26-11-10-25/h6-9,12,14,18-19H,10-11,13,25H2,1-5H3,(H,26,31)/t18?,19-,24?/m0/s1. The third-order valence-corrected chi connectivity index (χ3v) is 6.87. The van der Waals surface area contributed by atoms with Crippen molar-refractivity contribution in [2.75, 3.05) is 20.2 Å². The van der Waals surface area contributed by atoms with Crippen molar-refractivity contribution >= 4 is 11.6 Å². The Balaban J connectivity index is 1.89. The number of nitrogens with two attached hydrogens (primary N) is 1. The number of amides is 1. The number of nitrogens with one attached hydrogen (secondary N) is 1. The molecule has 2 heterocycles. The average Bonchev–Trinajstić information content (AvgIpc) is 3.09. The van der Waals surface area contributed by atoms with E-state index in [1.807, 2.05) is 29.7 Å². The lowest BCUT2D eigenvalue weighted by molar-refractivity contribution is -0.121. The predicted molar refractivity (Wildman–Crippen MR) is 124 cm³/mol. The van der Waals surface area contributed by atoms with E-state index in [1.165, 1.54) is 0 Å². The zero-order chi connectivity index (χ0) is 23.0. The summed E-state index contributed by atoms with van der Waals surface area (Å²) < 4.78 is 7.56. The summed E-state index contributed by atoms with van der Waals surface area (Å²) in [5.41, 5.74) is 8.43. The van der Waals surface area contributed by atoms with Crippen molar-refractivity contribution in [2.24, 2.45) is 28.0 Å². The highest BCUT2D eigenvalue weighted by Crippen LogP contribution is 2.49. The Hall–Kier alpha value is -3.00. The molecule has 0 bridgehead atoms. The summed E-state index contributed by atoms with van der Waals surface area (Å²) in [6, 6.07) is 5.54. The maximum atomic E-state index is 12.6. The van der Waals surface area contributed by atoms with Crippen molar-refractivity contribution < 1.29 is 9.53 Å². The number of aromatic nitrogens is 3. The molecule has 3 N–H and O–H groups in total. The summed E-state index contributed by atoms with van der Waals surface area (Å²) in [6.07, 6.45) is 4.66. The van der Waals surface area contributed by atoms with Gasteiger partial charge in [-0.2, -0.15) is 0 Å². The number of allylic oxidation sites excluding steroid dienone is 2. The number of hydrogen-bond donors (Lipinski definition) is 2. The van der Waals surface area contributed by atoms with Crippen LogP contribution in [0.3, 0.4) is 0 Å². The Morgan fingerprint density at radius 3 is 2.75 bits per heavy atom. The van der Waals surface area contributed by atoms with Crippen LogP contribution in [0.15, 0.2) is 35.3 Å². The molecule has 3 atom stereocenters. The van der Waals surface area contributed by atoms with Gasteiger partial charge in [0.25, 0.3) is 0 Å². The van der Waals surface area contributed by atoms with Gasteiger partial charge in [-0.3, -0.25) is 14.4 Å². The molecule has 0 fully saturated rings. The van der Waals surface area contributed by atoms with Gasteiger partial charge in [0.15, 0.2) is 5.82 Å². The molecule has 1 aliphatic carbocycles. The third kappa shape index (κ3) is 3.62. The van der Waals surface area contributed by atoms with Gasteiger partial charge in [-0.25, -0.2) is 0 Å². The number of benzene rings is 1. The van der Waals surface area contributed by atoms with Crippen molar-refractivity contribution in [1.82, 2.24) is 20.1 Å². The van der Waals surface area contributed by atoms with Crippen LogP contribution >= 0.6 is 0 Å². The Bertz CT molecular complexity index is 1090. The Labute approximate surface area is 189 Å². The van der Waals surface area contributed by atoms with E-state index >= 15 is 0 Å². The van der Waals surface area contributed by atoms with Gasteiger partial charge in [-0.15, -0.1) is 10.2 Å². The van der Waals surface area contributed by atoms with Gasteiger partial charge in [0.2, 0.25) is 5.91 Å². The molecule has 4 rings (SSSR count). The summed E-state index contributed by atoms with van der Waals surface area (Å²) >= 11 is 0. The van der Waals surface area contributed by atoms with E-state index in [0.717, 1.165) is 28.5 Å². The quantitative estimate of drug-likeness (QED) is 0.649. The molecular formula is C24H32N6O2. The lowest BCUT2D eigenvalue weighted by Crippen LogP contribution is -2.41. The highest BCUT2D eigenvalue weighted by Gasteiger charge is 2.44. The highest BCUT2D eigenvalue weighted by molar-refractivity contribution is 6.08. The summed E-state index contributed by atoms with van der Waals surface area (Å²) in [4.78, 5) is 17.8. The van der Waals surface area contributed by atoms with E-state index in [-0.39, 0.29) is 23.7 Å². The van der Waals surface area contributed by atoms with Crippen LogP contribution in [-0.2, 0) is 4.79 Å². The molecule has 1 aromatic heterocycles. The molecule has 32 heavy (non-hydrogen) atoms. The maximum absolute atomic E-state index is 12.6. The van der Waals surface area contributed by atoms with Crippen molar-refractivity contribution in [1.29, 1.82) is 0 Å². The van der Waals surface area contributed by atoms with Crippen LogP contribution in [0.25, 0.3) is 5.69 Å². The van der Waals surface area contributed by atoms with E-state index in [4.69, 9.17) is 15.5 Å². The first-order chi connectivity index (χ1) is 15.3. The first-order valence-electron chi connectivity index (χ1n) is 11.1. The largest absolute Gasteiger partial charge is 0.497 e. The SMILES string of the molecule is COc1ccc2c(c1)C(C1C=CC1(C)C(C)C)=N[C@@H](CC(=O)NCCN)c1nnc(C)n1-2. The molecule has 1 amide bonds. The van der Waals surface area contributed by atoms with Gasteiger partial charge >= 0.3 is 0 Å². The molecular weight excluding hydrogens is 404 g/mol. The lowest BCUT2D eigenvalue weighted by atomic mass is 9.59. The van der Waals surface area contributed by atoms with Gasteiger partial charge in [0.1, 0.15) is 17.6 Å². The van der Waals surface area contributed by atoms with Crippen molar-refractivity contribution in [3.05, 3.63) is 47.6 Å². The number of nitrogens with zero attached hydrogens (tertiary/aromatic N) is 4. The molecule has 2 aliphatic rings. The van der Waals surface area contributed by atoms with Gasteiger partial charge in [0.05, 0.1) is 24.9 Å². The maximum Gasteiger partial charge on any atom is 0.222 e. The minimum atomic E-state index is -0.451. The normalized spacial score (nSPS) is 23.7. The topological polar surface area (TPSA) is 107 Å². The zero-order valence-corrected chi connectivity index (χ0v) is 19.4. The van der Waals surface area contributed by atoms with Crippen molar-refractivity contribution in [2.45, 2.75) is 40.2 Å². The summed E-state index contributed by atoms with van der Waals surface area (Å²) in [5, 5.41) is 11.6. The number of rotatable bonds is 7. The van der Waals surface area contributed by atoms with E-state index in [1.54, 1.807) is 7.11 Å². The molecule has 0 spiro atoms. The average molecular weight is 437 g/mol. The summed E-state index contributed by atoms with van der Waals surface area (Å²) in [6.45, 7) is 9.48. The van der Waals surface area contributed by atoms with Crippen molar-refractivity contribution in [3.8, 4) is 11.4 Å². The van der Waals surface area contributed by atoms with E-state index in [9.17, 15) is 4.79 Å². The first kappa shape index (κ1) is 22.2. The number of ether oxygens (including phenoxy) is 1. The Morgan fingerprint density at radius 2 is 2.12 bits per heavy atom. The molecule has 1 aromatic carbocycles. The number of methoxy groups -OCH3 is 1. The molecule has 8 nitrogen and oxygen atoms in total. The lowest BCUT2D eigenvalue weighted by Gasteiger charge is -2.45. The number of hydrogen-bond acceptors (Lipinski definition) is 6. The molecule has 0 saturated heterocycles. The van der Waals surface area contributed by atoms with Crippen molar-refractivity contribution in [3.63, 3.8) is 0 Å². The third-order valence-electron chi connectivity index (χ3n) is 6.87. The first-order valence-corrected chi connectivity index (χ1v) is 11.1. The second-order valence-corrected chi connectivity index (χ2v) is 9.05. The minimum Gasteiger partial charge on any atom is -0.497 e. The van der Waals surface area contributed by atoms with Gasteiger partial charge < -0.3 is 15.8 Å². The van der Waals surface area contributed by atoms with Gasteiger partial charge in [-0.1, -0.05) is 32.9 Å². The van der Waals surface area contributed by atoms with E-state index in [0.29, 0.717) is 24.8 Å². The van der Waals surface area contributed by atoms with E-state index in [2.05, 4.69) is 48.4 Å². The van der Waals surface area contributed by atoms with E-state index < -0.39 is 6.04 Å². The number of aliphatic imine (C=N–C) groups is 1. The Kier molecular flexibility index (Phi) is 5.90. The second kappa shape index (κ2) is 8.50. The monoisotopic (exact) mass is 436 g/mol.